The number of phenolic OH excluding ortho intramolecular Hbond substituents is 1. The number of para-hydroxylation sites is 1. The number of phenols is 1. The van der Waals surface area contributed by atoms with Gasteiger partial charge in [0.15, 0.2) is 0 Å². The molecule has 0 radical (unpaired) electrons. The molecule has 7 heteroatoms. The fraction of sp³-hybridized carbons (Fsp3) is 0.333. The van der Waals surface area contributed by atoms with E-state index in [2.05, 4.69) is 18.7 Å². The van der Waals surface area contributed by atoms with Crippen molar-refractivity contribution in [2.45, 2.75) is 18.4 Å². The zero-order valence-electron chi connectivity index (χ0n) is 14.9. The summed E-state index contributed by atoms with van der Waals surface area (Å²) >= 11 is 0. The summed E-state index contributed by atoms with van der Waals surface area (Å²) in [5.74, 6) is 0.295. The third-order valence-corrected chi connectivity index (χ3v) is 4.23. The Labute approximate surface area is 172 Å². The quantitative estimate of drug-likeness (QED) is 0.285. The molecule has 1 aromatic rings. The van der Waals surface area contributed by atoms with Crippen LogP contribution < -0.4 is 46.8 Å². The van der Waals surface area contributed by atoms with Crippen LogP contribution in [-0.2, 0) is 4.74 Å². The van der Waals surface area contributed by atoms with E-state index in [0.29, 0.717) is 36.7 Å². The largest absolute Gasteiger partial charge is 1.00 e. The number of hydrogen-bond acceptors (Lipinski definition) is 6. The van der Waals surface area contributed by atoms with E-state index in [1.807, 2.05) is 0 Å². The van der Waals surface area contributed by atoms with Crippen LogP contribution in [0.4, 0.5) is 0 Å². The number of rotatable bonds is 5. The SMILES string of the molecule is [CH2-]COC1([CH2-])CCN(C(/C=C(\N)c2ccccc2O)=C(N)N)CC1.[Na+]. The van der Waals surface area contributed by atoms with Crippen molar-refractivity contribution in [2.75, 3.05) is 19.7 Å². The molecule has 0 unspecified atom stereocenters. The molecule has 0 atom stereocenters. The summed E-state index contributed by atoms with van der Waals surface area (Å²) in [7, 11) is 0. The standard InChI is InChI=1S/C18H26N4O2.Na/c1-3-24-18(2)8-10-22(11-9-18)15(17(20)21)12-14(19)13-6-4-5-7-16(13)23;/h4-7,12,23H,1-3,8-11,19-21H2;/q-2;+1/b14-12-;. The molecule has 1 saturated heterocycles. The minimum absolute atomic E-state index is 0. The van der Waals surface area contributed by atoms with Gasteiger partial charge in [-0.25, -0.2) is 0 Å². The molecule has 0 aromatic heterocycles. The van der Waals surface area contributed by atoms with Crippen LogP contribution in [0.1, 0.15) is 18.4 Å². The Morgan fingerprint density at radius 3 is 2.36 bits per heavy atom. The molecule has 1 aliphatic heterocycles. The number of benzene rings is 1. The Kier molecular flexibility index (Phi) is 8.15. The molecule has 132 valence electrons. The molecule has 25 heavy (non-hydrogen) atoms. The second-order valence-electron chi connectivity index (χ2n) is 5.98. The van der Waals surface area contributed by atoms with E-state index in [4.69, 9.17) is 21.9 Å². The van der Waals surface area contributed by atoms with Crippen LogP contribution in [0, 0.1) is 13.8 Å². The summed E-state index contributed by atoms with van der Waals surface area (Å²) in [6.45, 7) is 9.64. The normalized spacial score (nSPS) is 16.9. The summed E-state index contributed by atoms with van der Waals surface area (Å²) < 4.78 is 5.62. The van der Waals surface area contributed by atoms with E-state index in [9.17, 15) is 5.11 Å². The maximum atomic E-state index is 9.93. The summed E-state index contributed by atoms with van der Waals surface area (Å²) in [4.78, 5) is 2.05. The first-order valence-electron chi connectivity index (χ1n) is 7.90. The minimum atomic E-state index is -0.417. The second-order valence-corrected chi connectivity index (χ2v) is 5.98. The Hall–Kier alpha value is -1.34. The van der Waals surface area contributed by atoms with Crippen LogP contribution >= 0.6 is 0 Å². The van der Waals surface area contributed by atoms with E-state index in [0.717, 1.165) is 12.8 Å². The van der Waals surface area contributed by atoms with E-state index in [-0.39, 0.29) is 41.1 Å². The zero-order valence-corrected chi connectivity index (χ0v) is 16.9. The monoisotopic (exact) mass is 353 g/mol. The van der Waals surface area contributed by atoms with Crippen molar-refractivity contribution in [1.82, 2.24) is 4.90 Å². The first-order chi connectivity index (χ1) is 11.4. The van der Waals surface area contributed by atoms with Gasteiger partial charge >= 0.3 is 29.6 Å². The van der Waals surface area contributed by atoms with E-state index in [1.54, 1.807) is 30.3 Å². The Balaban J connectivity index is 0.00000312. The van der Waals surface area contributed by atoms with Crippen LogP contribution in [0.2, 0.25) is 0 Å². The third-order valence-electron chi connectivity index (χ3n) is 4.23. The van der Waals surface area contributed by atoms with Gasteiger partial charge in [-0.15, -0.1) is 0 Å². The molecule has 0 saturated carbocycles. The van der Waals surface area contributed by atoms with Crippen molar-refractivity contribution in [3.8, 4) is 5.75 Å². The van der Waals surface area contributed by atoms with Gasteiger partial charge in [-0.05, 0) is 31.1 Å². The van der Waals surface area contributed by atoms with Crippen LogP contribution in [0.25, 0.3) is 5.70 Å². The molecule has 0 spiro atoms. The van der Waals surface area contributed by atoms with Gasteiger partial charge in [0.1, 0.15) is 11.6 Å². The minimum Gasteiger partial charge on any atom is -0.507 e. The number of aromatic hydroxyl groups is 1. The number of piperidine rings is 1. The maximum Gasteiger partial charge on any atom is 1.00 e. The number of ether oxygens (including phenoxy) is 1. The van der Waals surface area contributed by atoms with Crippen LogP contribution in [0.15, 0.2) is 41.9 Å². The van der Waals surface area contributed by atoms with Crippen molar-refractivity contribution < 1.29 is 39.4 Å². The smallest absolute Gasteiger partial charge is 0.507 e. The fourth-order valence-electron chi connectivity index (χ4n) is 2.82. The second kappa shape index (κ2) is 9.38. The Morgan fingerprint density at radius 1 is 1.24 bits per heavy atom. The summed E-state index contributed by atoms with van der Waals surface area (Å²) in [6.07, 6.45) is 3.18. The molecular formula is C18H26N4NaO2-. The van der Waals surface area contributed by atoms with Crippen molar-refractivity contribution in [1.29, 1.82) is 0 Å². The van der Waals surface area contributed by atoms with Gasteiger partial charge in [-0.3, -0.25) is 0 Å². The summed E-state index contributed by atoms with van der Waals surface area (Å²) in [5.41, 5.74) is 19.0. The fourth-order valence-corrected chi connectivity index (χ4v) is 2.82. The van der Waals surface area contributed by atoms with Gasteiger partial charge in [0.25, 0.3) is 0 Å². The number of allylic oxidation sites excluding steroid dienone is 1. The van der Waals surface area contributed by atoms with Crippen LogP contribution in [0.5, 0.6) is 5.75 Å². The molecule has 1 fully saturated rings. The molecule has 6 nitrogen and oxygen atoms in total. The molecule has 1 aromatic carbocycles. The van der Waals surface area contributed by atoms with Crippen molar-refractivity contribution in [3.05, 3.63) is 61.3 Å². The van der Waals surface area contributed by atoms with Crippen molar-refractivity contribution >= 4 is 5.70 Å². The number of hydrogen-bond donors (Lipinski definition) is 4. The first-order valence-corrected chi connectivity index (χ1v) is 7.90. The van der Waals surface area contributed by atoms with Gasteiger partial charge in [0.05, 0.1) is 5.70 Å². The number of nitrogens with zero attached hydrogens (tertiary/aromatic N) is 1. The Morgan fingerprint density at radius 2 is 1.84 bits per heavy atom. The van der Waals surface area contributed by atoms with Crippen LogP contribution in [0.3, 0.4) is 0 Å². The predicted molar refractivity (Wildman–Crippen MR) is 95.9 cm³/mol. The van der Waals surface area contributed by atoms with Gasteiger partial charge in [0.2, 0.25) is 0 Å². The first kappa shape index (κ1) is 21.7. The molecule has 2 rings (SSSR count). The molecule has 0 amide bonds. The van der Waals surface area contributed by atoms with E-state index >= 15 is 0 Å². The predicted octanol–water partition coefficient (Wildman–Crippen LogP) is -1.70. The third kappa shape index (κ3) is 5.57. The van der Waals surface area contributed by atoms with E-state index < -0.39 is 5.60 Å². The van der Waals surface area contributed by atoms with E-state index in [1.165, 1.54) is 0 Å². The topological polar surface area (TPSA) is 111 Å². The van der Waals surface area contributed by atoms with Gasteiger partial charge in [-0.2, -0.15) is 0 Å². The molecular weight excluding hydrogens is 327 g/mol. The van der Waals surface area contributed by atoms with Gasteiger partial charge < -0.3 is 45.8 Å². The Bertz CT molecular complexity index is 634. The average molecular weight is 353 g/mol. The van der Waals surface area contributed by atoms with Gasteiger partial charge in [0, 0.05) is 24.4 Å². The van der Waals surface area contributed by atoms with Crippen molar-refractivity contribution in [3.63, 3.8) is 0 Å². The number of nitrogens with two attached hydrogens (primary N) is 3. The molecule has 1 heterocycles. The average Bonchev–Trinajstić information content (AvgIpc) is 2.54. The van der Waals surface area contributed by atoms with Crippen LogP contribution in [-0.4, -0.2) is 35.3 Å². The molecule has 0 aliphatic carbocycles. The summed E-state index contributed by atoms with van der Waals surface area (Å²) in [5, 5.41) is 9.93. The maximum absolute atomic E-state index is 9.93. The molecule has 1 aliphatic rings. The zero-order chi connectivity index (χ0) is 17.7. The number of likely N-dealkylation sites (tertiary alicyclic amines) is 1. The molecule has 0 bridgehead atoms. The summed E-state index contributed by atoms with van der Waals surface area (Å²) in [6, 6.07) is 6.87. The molecule has 7 N–H and O–H groups in total. The van der Waals surface area contributed by atoms with Crippen molar-refractivity contribution in [2.24, 2.45) is 17.2 Å². The van der Waals surface area contributed by atoms with Gasteiger partial charge in [-0.1, -0.05) is 24.3 Å².